The minimum absolute atomic E-state index is 0.0193. The monoisotopic (exact) mass is 519 g/mol. The van der Waals surface area contributed by atoms with Crippen molar-refractivity contribution in [3.8, 4) is 11.4 Å². The van der Waals surface area contributed by atoms with Crippen LogP contribution in [0.2, 0.25) is 0 Å². The highest BCUT2D eigenvalue weighted by atomic mass is 31.2. The first kappa shape index (κ1) is 27.3. The molecule has 3 amide bonds. The Balaban J connectivity index is 1.85. The van der Waals surface area contributed by atoms with E-state index in [-0.39, 0.29) is 31.9 Å². The van der Waals surface area contributed by atoms with Gasteiger partial charge in [-0.05, 0) is 18.9 Å². The van der Waals surface area contributed by atoms with E-state index in [2.05, 4.69) is 15.3 Å². The fraction of sp³-hybridized carbons (Fsp3) is 0.435. The lowest BCUT2D eigenvalue weighted by Crippen LogP contribution is -2.56. The predicted molar refractivity (Wildman–Crippen MR) is 130 cm³/mol. The molecule has 1 aromatic heterocycles. The standard InChI is InChI=1S/C23H30N5O7P/c1-2-3-9-17-14-18(25-20(24-17)16-7-5-4-6-8-16)21(29)26-19(15-36(33,34)35)22(30)27-10-12-28(13-11-27)23(31)32/h4-8,14,19H,2-3,9-13,15H2,1H3,(H,26,29)(H,31,32)(H2,33,34,35)/t19-/m0/s1. The molecule has 1 aliphatic rings. The maximum absolute atomic E-state index is 13.2. The molecule has 0 spiro atoms. The van der Waals surface area contributed by atoms with Gasteiger partial charge >= 0.3 is 13.7 Å². The van der Waals surface area contributed by atoms with Crippen LogP contribution in [-0.2, 0) is 15.8 Å². The molecule has 2 aromatic rings. The van der Waals surface area contributed by atoms with Crippen molar-refractivity contribution >= 4 is 25.5 Å². The molecule has 36 heavy (non-hydrogen) atoms. The molecular weight excluding hydrogens is 489 g/mol. The quantitative estimate of drug-likeness (QED) is 0.359. The SMILES string of the molecule is CCCCc1cc(C(=O)N[C@@H](CP(=O)(O)O)C(=O)N2CCN(C(=O)O)CC2)nc(-c2ccccc2)n1. The summed E-state index contributed by atoms with van der Waals surface area (Å²) in [5.74, 6) is -1.12. The van der Waals surface area contributed by atoms with Gasteiger partial charge in [-0.1, -0.05) is 43.7 Å². The van der Waals surface area contributed by atoms with Crippen LogP contribution in [0.15, 0.2) is 36.4 Å². The van der Waals surface area contributed by atoms with E-state index in [0.29, 0.717) is 23.5 Å². The molecule has 13 heteroatoms. The molecule has 0 saturated carbocycles. The molecular formula is C23H30N5O7P. The highest BCUT2D eigenvalue weighted by molar-refractivity contribution is 7.51. The van der Waals surface area contributed by atoms with Crippen LogP contribution in [0.1, 0.15) is 35.9 Å². The Morgan fingerprint density at radius 2 is 1.69 bits per heavy atom. The summed E-state index contributed by atoms with van der Waals surface area (Å²) in [5, 5.41) is 11.5. The van der Waals surface area contributed by atoms with E-state index in [1.807, 2.05) is 25.1 Å². The Hall–Kier alpha value is -3.34. The summed E-state index contributed by atoms with van der Waals surface area (Å²) < 4.78 is 11.8. The van der Waals surface area contributed by atoms with E-state index >= 15 is 0 Å². The van der Waals surface area contributed by atoms with Crippen molar-refractivity contribution in [2.75, 3.05) is 32.3 Å². The Morgan fingerprint density at radius 1 is 1.06 bits per heavy atom. The molecule has 1 saturated heterocycles. The molecule has 0 aliphatic carbocycles. The van der Waals surface area contributed by atoms with Gasteiger partial charge in [0.1, 0.15) is 11.7 Å². The number of carboxylic acid groups (broad SMARTS) is 1. The molecule has 0 unspecified atom stereocenters. The summed E-state index contributed by atoms with van der Waals surface area (Å²) in [6.45, 7) is 2.24. The van der Waals surface area contributed by atoms with Crippen LogP contribution in [-0.4, -0.2) is 91.0 Å². The summed E-state index contributed by atoms with van der Waals surface area (Å²) in [7, 11) is -4.68. The fourth-order valence-corrected chi connectivity index (χ4v) is 4.53. The molecule has 4 N–H and O–H groups in total. The zero-order valence-electron chi connectivity index (χ0n) is 19.9. The number of nitrogens with zero attached hydrogens (tertiary/aromatic N) is 4. The van der Waals surface area contributed by atoms with Crippen molar-refractivity contribution in [1.82, 2.24) is 25.1 Å². The second-order valence-electron chi connectivity index (χ2n) is 8.51. The van der Waals surface area contributed by atoms with Gasteiger partial charge in [-0.2, -0.15) is 0 Å². The number of hydrogen-bond acceptors (Lipinski definition) is 6. The van der Waals surface area contributed by atoms with Crippen molar-refractivity contribution in [3.63, 3.8) is 0 Å². The van der Waals surface area contributed by atoms with Gasteiger partial charge in [0, 0.05) is 37.4 Å². The van der Waals surface area contributed by atoms with Gasteiger partial charge in [-0.25, -0.2) is 14.8 Å². The molecule has 0 radical (unpaired) electrons. The van der Waals surface area contributed by atoms with Crippen LogP contribution in [0.25, 0.3) is 11.4 Å². The van der Waals surface area contributed by atoms with Crippen molar-refractivity contribution in [3.05, 3.63) is 47.8 Å². The smallest absolute Gasteiger partial charge is 0.407 e. The first-order chi connectivity index (χ1) is 17.1. The average molecular weight is 519 g/mol. The number of aromatic nitrogens is 2. The Kier molecular flexibility index (Phi) is 9.14. The minimum Gasteiger partial charge on any atom is -0.465 e. The van der Waals surface area contributed by atoms with Crippen LogP contribution in [0.4, 0.5) is 4.79 Å². The van der Waals surface area contributed by atoms with E-state index in [1.165, 1.54) is 11.0 Å². The fourth-order valence-electron chi connectivity index (χ4n) is 3.81. The van der Waals surface area contributed by atoms with Gasteiger partial charge in [-0.15, -0.1) is 0 Å². The lowest BCUT2D eigenvalue weighted by molar-refractivity contribution is -0.134. The lowest BCUT2D eigenvalue weighted by Gasteiger charge is -2.35. The van der Waals surface area contributed by atoms with Crippen LogP contribution >= 0.6 is 7.60 Å². The maximum atomic E-state index is 13.2. The highest BCUT2D eigenvalue weighted by Crippen LogP contribution is 2.35. The van der Waals surface area contributed by atoms with Gasteiger partial charge < -0.3 is 30.0 Å². The molecule has 12 nitrogen and oxygen atoms in total. The number of rotatable bonds is 9. The van der Waals surface area contributed by atoms with Crippen molar-refractivity contribution in [2.45, 2.75) is 32.2 Å². The number of nitrogens with one attached hydrogen (secondary N) is 1. The van der Waals surface area contributed by atoms with Gasteiger partial charge in [0.15, 0.2) is 5.82 Å². The van der Waals surface area contributed by atoms with Gasteiger partial charge in [0.05, 0.1) is 6.16 Å². The largest absolute Gasteiger partial charge is 0.465 e. The summed E-state index contributed by atoms with van der Waals surface area (Å²) in [6, 6.07) is 9.08. The third-order valence-electron chi connectivity index (χ3n) is 5.72. The Morgan fingerprint density at radius 3 is 2.28 bits per heavy atom. The molecule has 1 fully saturated rings. The first-order valence-electron chi connectivity index (χ1n) is 11.6. The number of carbonyl (C=O) groups excluding carboxylic acids is 2. The third kappa shape index (κ3) is 7.58. The number of carbonyl (C=O) groups is 3. The topological polar surface area (TPSA) is 173 Å². The molecule has 1 aromatic carbocycles. The minimum atomic E-state index is -4.68. The summed E-state index contributed by atoms with van der Waals surface area (Å²) in [4.78, 5) is 67.8. The second kappa shape index (κ2) is 12.1. The third-order valence-corrected chi connectivity index (χ3v) is 6.56. The number of aryl methyl sites for hydroxylation is 1. The maximum Gasteiger partial charge on any atom is 0.407 e. The molecule has 2 heterocycles. The van der Waals surface area contributed by atoms with Crippen LogP contribution in [0, 0.1) is 0 Å². The van der Waals surface area contributed by atoms with E-state index in [1.54, 1.807) is 12.1 Å². The van der Waals surface area contributed by atoms with Crippen LogP contribution in [0.3, 0.4) is 0 Å². The molecule has 194 valence electrons. The predicted octanol–water partition coefficient (Wildman–Crippen LogP) is 1.58. The molecule has 1 aliphatic heterocycles. The van der Waals surface area contributed by atoms with E-state index in [0.717, 1.165) is 17.7 Å². The number of amides is 3. The number of piperazine rings is 1. The summed E-state index contributed by atoms with van der Waals surface area (Å²) in [6.07, 6.45) is 0.362. The molecule has 3 rings (SSSR count). The van der Waals surface area contributed by atoms with E-state index in [9.17, 15) is 28.7 Å². The summed E-state index contributed by atoms with van der Waals surface area (Å²) in [5.41, 5.74) is 1.32. The molecule has 1 atom stereocenters. The number of benzene rings is 1. The van der Waals surface area contributed by atoms with Crippen molar-refractivity contribution in [1.29, 1.82) is 0 Å². The van der Waals surface area contributed by atoms with Gasteiger partial charge in [0.25, 0.3) is 5.91 Å². The van der Waals surface area contributed by atoms with Crippen LogP contribution in [0.5, 0.6) is 0 Å². The van der Waals surface area contributed by atoms with E-state index in [4.69, 9.17) is 5.11 Å². The highest BCUT2D eigenvalue weighted by Gasteiger charge is 2.34. The zero-order chi connectivity index (χ0) is 26.3. The van der Waals surface area contributed by atoms with Crippen LogP contribution < -0.4 is 5.32 Å². The van der Waals surface area contributed by atoms with Crippen molar-refractivity contribution < 1.29 is 33.8 Å². The summed E-state index contributed by atoms with van der Waals surface area (Å²) >= 11 is 0. The van der Waals surface area contributed by atoms with Gasteiger partial charge in [0.2, 0.25) is 5.91 Å². The van der Waals surface area contributed by atoms with E-state index < -0.39 is 37.7 Å². The lowest BCUT2D eigenvalue weighted by atomic mass is 10.1. The number of unbranched alkanes of at least 4 members (excludes halogenated alkanes) is 1. The zero-order valence-corrected chi connectivity index (χ0v) is 20.8. The molecule has 0 bridgehead atoms. The second-order valence-corrected chi connectivity index (χ2v) is 10.2. The average Bonchev–Trinajstić information content (AvgIpc) is 2.86. The number of hydrogen-bond donors (Lipinski definition) is 4. The first-order valence-corrected chi connectivity index (χ1v) is 13.4. The Labute approximate surface area is 208 Å². The normalized spacial score (nSPS) is 14.9. The van der Waals surface area contributed by atoms with Gasteiger partial charge in [-0.3, -0.25) is 14.2 Å². The Bertz CT molecular complexity index is 1130. The van der Waals surface area contributed by atoms with Crippen molar-refractivity contribution in [2.24, 2.45) is 0 Å².